The number of hydrogen-bond acceptors (Lipinski definition) is 4. The van der Waals surface area contributed by atoms with E-state index in [4.69, 9.17) is 9.40 Å². The molecule has 6 aromatic rings. The quantitative estimate of drug-likeness (QED) is 0.343. The van der Waals surface area contributed by atoms with Crippen LogP contribution in [0.1, 0.15) is 0 Å². The van der Waals surface area contributed by atoms with Crippen LogP contribution in [0.15, 0.2) is 77.3 Å². The highest BCUT2D eigenvalue weighted by Gasteiger charge is 2.11. The van der Waals surface area contributed by atoms with Crippen LogP contribution >= 0.6 is 11.3 Å². The monoisotopic (exact) mass is 352 g/mol. The van der Waals surface area contributed by atoms with Crippen LogP contribution in [0.5, 0.6) is 0 Å². The molecule has 0 spiro atoms. The number of hydrogen-bond donors (Lipinski definition) is 0. The first kappa shape index (κ1) is 14.0. The number of aromatic nitrogens is 2. The molecule has 4 heterocycles. The molecule has 122 valence electrons. The van der Waals surface area contributed by atoms with Gasteiger partial charge in [-0.3, -0.25) is 0 Å². The van der Waals surface area contributed by atoms with Gasteiger partial charge in [0.25, 0.3) is 0 Å². The van der Waals surface area contributed by atoms with Gasteiger partial charge in [-0.2, -0.15) is 0 Å². The maximum absolute atomic E-state index is 5.91. The van der Waals surface area contributed by atoms with Crippen molar-refractivity contribution in [1.82, 2.24) is 9.97 Å². The lowest BCUT2D eigenvalue weighted by Crippen LogP contribution is -1.82. The van der Waals surface area contributed by atoms with E-state index in [-0.39, 0.29) is 0 Å². The van der Waals surface area contributed by atoms with Crippen LogP contribution in [0, 0.1) is 0 Å². The molecule has 2 aromatic carbocycles. The Hall–Kier alpha value is -3.24. The summed E-state index contributed by atoms with van der Waals surface area (Å²) in [4.78, 5) is 10.3. The van der Waals surface area contributed by atoms with Crippen molar-refractivity contribution in [2.24, 2.45) is 0 Å². The molecule has 26 heavy (non-hydrogen) atoms. The van der Waals surface area contributed by atoms with Crippen LogP contribution in [-0.2, 0) is 0 Å². The molecule has 0 N–H and O–H groups in total. The molecule has 0 saturated carbocycles. The second-order valence-corrected chi connectivity index (χ2v) is 7.35. The lowest BCUT2D eigenvalue weighted by atomic mass is 10.1. The number of benzene rings is 2. The second-order valence-electron chi connectivity index (χ2n) is 6.32. The largest absolute Gasteiger partial charge is 0.438 e. The Bertz CT molecular complexity index is 1330. The van der Waals surface area contributed by atoms with E-state index in [1.165, 1.54) is 15.5 Å². The van der Waals surface area contributed by atoms with Gasteiger partial charge in [-0.1, -0.05) is 24.3 Å². The molecule has 0 radical (unpaired) electrons. The Morgan fingerprint density at radius 3 is 2.65 bits per heavy atom. The molecule has 0 bridgehead atoms. The zero-order chi connectivity index (χ0) is 17.1. The number of pyridine rings is 2. The molecule has 0 aliphatic heterocycles. The second kappa shape index (κ2) is 5.13. The first-order valence-corrected chi connectivity index (χ1v) is 9.24. The maximum Gasteiger partial charge on any atom is 0.227 e. The normalized spacial score (nSPS) is 11.8. The Kier molecular flexibility index (Phi) is 2.76. The summed E-state index contributed by atoms with van der Waals surface area (Å²) in [6.07, 6.45) is 1.75. The fourth-order valence-corrected chi connectivity index (χ4v) is 4.61. The van der Waals surface area contributed by atoms with Crippen LogP contribution in [0.25, 0.3) is 53.6 Å². The van der Waals surface area contributed by atoms with E-state index in [0.29, 0.717) is 5.71 Å². The summed E-state index contributed by atoms with van der Waals surface area (Å²) < 4.78 is 7.18. The van der Waals surface area contributed by atoms with Gasteiger partial charge in [0.2, 0.25) is 5.71 Å². The number of rotatable bonds is 1. The lowest BCUT2D eigenvalue weighted by molar-refractivity contribution is 0.654. The van der Waals surface area contributed by atoms with Gasteiger partial charge in [0.1, 0.15) is 10.4 Å². The molecule has 0 aliphatic carbocycles. The van der Waals surface area contributed by atoms with Crippen molar-refractivity contribution in [2.45, 2.75) is 0 Å². The third-order valence-corrected chi connectivity index (χ3v) is 5.87. The molecule has 0 amide bonds. The molecule has 4 heteroatoms. The van der Waals surface area contributed by atoms with Gasteiger partial charge >= 0.3 is 0 Å². The third kappa shape index (κ3) is 1.93. The van der Waals surface area contributed by atoms with E-state index in [2.05, 4.69) is 59.6 Å². The molecule has 0 saturated heterocycles. The maximum atomic E-state index is 5.91. The summed E-state index contributed by atoms with van der Waals surface area (Å²) >= 11 is 1.73. The fraction of sp³-hybridized carbons (Fsp3) is 0. The minimum Gasteiger partial charge on any atom is -0.438 e. The fourth-order valence-electron chi connectivity index (χ4n) is 3.54. The summed E-state index contributed by atoms with van der Waals surface area (Å²) in [5.74, 6) is 0. The van der Waals surface area contributed by atoms with Gasteiger partial charge in [-0.05, 0) is 42.5 Å². The van der Waals surface area contributed by atoms with E-state index in [1.54, 1.807) is 17.5 Å². The highest BCUT2D eigenvalue weighted by Crippen LogP contribution is 2.35. The van der Waals surface area contributed by atoms with E-state index in [1.807, 2.05) is 12.1 Å². The van der Waals surface area contributed by atoms with Gasteiger partial charge in [-0.15, -0.1) is 11.3 Å². The summed E-state index contributed by atoms with van der Waals surface area (Å²) in [5, 5.41) is 4.61. The van der Waals surface area contributed by atoms with E-state index < -0.39 is 0 Å². The van der Waals surface area contributed by atoms with Crippen LogP contribution < -0.4 is 0 Å². The van der Waals surface area contributed by atoms with Gasteiger partial charge in [0.15, 0.2) is 0 Å². The average Bonchev–Trinajstić information content (AvgIpc) is 3.24. The molecule has 3 nitrogen and oxygen atoms in total. The zero-order valence-corrected chi connectivity index (χ0v) is 14.5. The van der Waals surface area contributed by atoms with Crippen LogP contribution in [0.4, 0.5) is 0 Å². The third-order valence-electron chi connectivity index (χ3n) is 4.79. The molecule has 0 unspecified atom stereocenters. The predicted molar refractivity (Wildman–Crippen MR) is 108 cm³/mol. The van der Waals surface area contributed by atoms with Crippen molar-refractivity contribution in [2.75, 3.05) is 0 Å². The molecular weight excluding hydrogens is 340 g/mol. The smallest absolute Gasteiger partial charge is 0.227 e. The number of nitrogens with zero attached hydrogens (tertiary/aromatic N) is 2. The highest BCUT2D eigenvalue weighted by atomic mass is 32.1. The van der Waals surface area contributed by atoms with Crippen LogP contribution in [-0.4, -0.2) is 9.97 Å². The highest BCUT2D eigenvalue weighted by molar-refractivity contribution is 7.25. The number of furan rings is 1. The van der Waals surface area contributed by atoms with Crippen molar-refractivity contribution in [3.63, 3.8) is 0 Å². The van der Waals surface area contributed by atoms with Gasteiger partial charge in [0.05, 0.1) is 5.69 Å². The zero-order valence-electron chi connectivity index (χ0n) is 13.6. The Balaban J connectivity index is 1.57. The number of thiophene rings is 1. The summed E-state index contributed by atoms with van der Waals surface area (Å²) in [6, 6.07) is 22.9. The summed E-state index contributed by atoms with van der Waals surface area (Å²) in [6.45, 7) is 0. The average molecular weight is 352 g/mol. The molecule has 0 aliphatic rings. The van der Waals surface area contributed by atoms with Crippen LogP contribution in [0.3, 0.4) is 0 Å². The Morgan fingerprint density at radius 2 is 1.65 bits per heavy atom. The molecule has 6 rings (SSSR count). The predicted octanol–water partition coefficient (Wildman–Crippen LogP) is 6.41. The van der Waals surface area contributed by atoms with E-state index >= 15 is 0 Å². The standard InChI is InChI=1S/C22H12N2OS/c1-2-6-20-15(4-1)17-9-10-18(24-22(17)26-20)13-7-8-14-16-5-3-11-23-21(16)25-19(14)12-13/h1-12H. The Labute approximate surface area is 152 Å². The van der Waals surface area contributed by atoms with Crippen molar-refractivity contribution in [3.8, 4) is 11.3 Å². The molecular formula is C22H12N2OS. The van der Waals surface area contributed by atoms with E-state index in [9.17, 15) is 0 Å². The number of fused-ring (bicyclic) bond motifs is 6. The molecule has 0 atom stereocenters. The Morgan fingerprint density at radius 1 is 0.769 bits per heavy atom. The van der Waals surface area contributed by atoms with Gasteiger partial charge < -0.3 is 4.42 Å². The first-order chi connectivity index (χ1) is 12.9. The van der Waals surface area contributed by atoms with Crippen LogP contribution in [0.2, 0.25) is 0 Å². The van der Waals surface area contributed by atoms with Crippen molar-refractivity contribution in [1.29, 1.82) is 0 Å². The van der Waals surface area contributed by atoms with Gasteiger partial charge in [0, 0.05) is 38.0 Å². The molecule has 4 aromatic heterocycles. The minimum absolute atomic E-state index is 0.674. The van der Waals surface area contributed by atoms with Crippen molar-refractivity contribution >= 4 is 53.7 Å². The minimum atomic E-state index is 0.674. The SMILES string of the molecule is c1ccc2c(c1)sc1nc(-c3ccc4c(c3)oc3ncccc34)ccc12. The van der Waals surface area contributed by atoms with E-state index in [0.717, 1.165) is 32.4 Å². The summed E-state index contributed by atoms with van der Waals surface area (Å²) in [7, 11) is 0. The van der Waals surface area contributed by atoms with Crippen molar-refractivity contribution in [3.05, 3.63) is 72.9 Å². The lowest BCUT2D eigenvalue weighted by Gasteiger charge is -2.01. The topological polar surface area (TPSA) is 38.9 Å². The first-order valence-electron chi connectivity index (χ1n) is 8.43. The summed E-state index contributed by atoms with van der Waals surface area (Å²) in [5.41, 5.74) is 3.53. The van der Waals surface area contributed by atoms with Gasteiger partial charge in [-0.25, -0.2) is 9.97 Å². The van der Waals surface area contributed by atoms with Crippen molar-refractivity contribution < 1.29 is 4.42 Å². The molecule has 0 fully saturated rings.